The van der Waals surface area contributed by atoms with Crippen molar-refractivity contribution in [1.29, 1.82) is 0 Å². The summed E-state index contributed by atoms with van der Waals surface area (Å²) >= 11 is 0. The zero-order valence-electron chi connectivity index (χ0n) is 13.1. The molecular formula is C17H19NO4S. The minimum atomic E-state index is -3.23. The number of carbonyl (C=O) groups excluding carboxylic acids is 1. The van der Waals surface area contributed by atoms with Gasteiger partial charge in [0.25, 0.3) is 0 Å². The summed E-state index contributed by atoms with van der Waals surface area (Å²) < 4.78 is 28.1. The van der Waals surface area contributed by atoms with Crippen LogP contribution in [0.25, 0.3) is 0 Å². The van der Waals surface area contributed by atoms with Gasteiger partial charge in [0, 0.05) is 11.9 Å². The van der Waals surface area contributed by atoms with Crippen LogP contribution >= 0.6 is 0 Å². The van der Waals surface area contributed by atoms with Crippen LogP contribution in [0, 0.1) is 0 Å². The Balaban J connectivity index is 1.96. The average molecular weight is 333 g/mol. The number of anilines is 1. The molecule has 0 radical (unpaired) electrons. The van der Waals surface area contributed by atoms with Gasteiger partial charge in [-0.3, -0.25) is 4.79 Å². The van der Waals surface area contributed by atoms with Crippen LogP contribution in [0.3, 0.4) is 0 Å². The Labute approximate surface area is 136 Å². The van der Waals surface area contributed by atoms with Crippen molar-refractivity contribution in [2.24, 2.45) is 0 Å². The van der Waals surface area contributed by atoms with Crippen LogP contribution in [-0.2, 0) is 21.1 Å². The quantitative estimate of drug-likeness (QED) is 0.882. The number of hydrogen-bond donors (Lipinski definition) is 1. The lowest BCUT2D eigenvalue weighted by atomic mass is 10.1. The van der Waals surface area contributed by atoms with Crippen molar-refractivity contribution in [2.75, 3.05) is 18.2 Å². The maximum atomic E-state index is 12.0. The van der Waals surface area contributed by atoms with E-state index in [2.05, 4.69) is 5.32 Å². The molecular weight excluding hydrogens is 314 g/mol. The van der Waals surface area contributed by atoms with Crippen molar-refractivity contribution in [2.45, 2.75) is 18.2 Å². The molecule has 0 aliphatic heterocycles. The van der Waals surface area contributed by atoms with Gasteiger partial charge in [-0.2, -0.15) is 0 Å². The number of ether oxygens (including phenoxy) is 1. The summed E-state index contributed by atoms with van der Waals surface area (Å²) in [6.07, 6.45) is 1.38. The summed E-state index contributed by atoms with van der Waals surface area (Å²) in [4.78, 5) is 12.2. The van der Waals surface area contributed by atoms with E-state index >= 15 is 0 Å². The molecule has 23 heavy (non-hydrogen) atoms. The van der Waals surface area contributed by atoms with Crippen molar-refractivity contribution in [3.63, 3.8) is 0 Å². The van der Waals surface area contributed by atoms with Gasteiger partial charge in [0.2, 0.25) is 5.91 Å². The van der Waals surface area contributed by atoms with E-state index in [-0.39, 0.29) is 17.2 Å². The standard InChI is InChI=1S/C17H19NO4S/c1-3-22-15-8-4-13(5-9-15)12-17(19)18-14-6-10-16(11-7-14)23(2,20)21/h4-11H,3,12H2,1-2H3,(H,18,19). The van der Waals surface area contributed by atoms with Crippen LogP contribution in [0.15, 0.2) is 53.4 Å². The number of benzene rings is 2. The van der Waals surface area contributed by atoms with Crippen LogP contribution in [0.5, 0.6) is 5.75 Å². The van der Waals surface area contributed by atoms with Crippen molar-refractivity contribution in [3.8, 4) is 5.75 Å². The summed E-state index contributed by atoms with van der Waals surface area (Å²) in [6.45, 7) is 2.51. The first-order valence-corrected chi connectivity index (χ1v) is 9.09. The lowest BCUT2D eigenvalue weighted by Gasteiger charge is -2.07. The Hall–Kier alpha value is -2.34. The van der Waals surface area contributed by atoms with E-state index in [9.17, 15) is 13.2 Å². The molecule has 0 aliphatic rings. The van der Waals surface area contributed by atoms with Crippen LogP contribution in [0.2, 0.25) is 0 Å². The van der Waals surface area contributed by atoms with Crippen molar-refractivity contribution >= 4 is 21.4 Å². The van der Waals surface area contributed by atoms with E-state index in [1.54, 1.807) is 12.1 Å². The Morgan fingerprint density at radius 1 is 1.04 bits per heavy atom. The SMILES string of the molecule is CCOc1ccc(CC(=O)Nc2ccc(S(C)(=O)=O)cc2)cc1. The third kappa shape index (κ3) is 5.10. The van der Waals surface area contributed by atoms with Crippen molar-refractivity contribution in [1.82, 2.24) is 0 Å². The van der Waals surface area contributed by atoms with Crippen LogP contribution in [-0.4, -0.2) is 27.2 Å². The van der Waals surface area contributed by atoms with E-state index in [4.69, 9.17) is 4.74 Å². The largest absolute Gasteiger partial charge is 0.494 e. The number of hydrogen-bond acceptors (Lipinski definition) is 4. The maximum absolute atomic E-state index is 12.0. The Kier molecular flexibility index (Phi) is 5.39. The molecule has 2 aromatic carbocycles. The number of carbonyl (C=O) groups is 1. The van der Waals surface area contributed by atoms with Gasteiger partial charge in [0.05, 0.1) is 17.9 Å². The molecule has 1 amide bonds. The first kappa shape index (κ1) is 17.0. The van der Waals surface area contributed by atoms with Crippen molar-refractivity contribution in [3.05, 3.63) is 54.1 Å². The molecule has 0 aliphatic carbocycles. The highest BCUT2D eigenvalue weighted by Gasteiger charge is 2.08. The second-order valence-electron chi connectivity index (χ2n) is 5.10. The molecule has 0 spiro atoms. The molecule has 122 valence electrons. The third-order valence-corrected chi connectivity index (χ3v) is 4.29. The third-order valence-electron chi connectivity index (χ3n) is 3.17. The molecule has 2 aromatic rings. The predicted molar refractivity (Wildman–Crippen MR) is 89.5 cm³/mol. The van der Waals surface area contributed by atoms with Crippen LogP contribution < -0.4 is 10.1 Å². The van der Waals surface area contributed by atoms with Crippen LogP contribution in [0.1, 0.15) is 12.5 Å². The Morgan fingerprint density at radius 3 is 2.17 bits per heavy atom. The second kappa shape index (κ2) is 7.28. The van der Waals surface area contributed by atoms with E-state index in [1.165, 1.54) is 12.1 Å². The predicted octanol–water partition coefficient (Wildman–Crippen LogP) is 2.67. The highest BCUT2D eigenvalue weighted by atomic mass is 32.2. The molecule has 0 atom stereocenters. The molecule has 0 fully saturated rings. The lowest BCUT2D eigenvalue weighted by molar-refractivity contribution is -0.115. The molecule has 0 saturated carbocycles. The van der Waals surface area contributed by atoms with Gasteiger partial charge < -0.3 is 10.1 Å². The number of amides is 1. The van der Waals surface area contributed by atoms with Gasteiger partial charge >= 0.3 is 0 Å². The Bertz CT molecular complexity index is 765. The van der Waals surface area contributed by atoms with E-state index in [1.807, 2.05) is 31.2 Å². The van der Waals surface area contributed by atoms with Crippen LogP contribution in [0.4, 0.5) is 5.69 Å². The highest BCUT2D eigenvalue weighted by Crippen LogP contribution is 2.15. The molecule has 1 N–H and O–H groups in total. The fourth-order valence-electron chi connectivity index (χ4n) is 2.05. The minimum absolute atomic E-state index is 0.165. The smallest absolute Gasteiger partial charge is 0.228 e. The highest BCUT2D eigenvalue weighted by molar-refractivity contribution is 7.90. The summed E-state index contributed by atoms with van der Waals surface area (Å²) in [7, 11) is -3.23. The van der Waals surface area contributed by atoms with Crippen molar-refractivity contribution < 1.29 is 17.9 Å². The fourth-order valence-corrected chi connectivity index (χ4v) is 2.68. The number of sulfone groups is 1. The summed E-state index contributed by atoms with van der Waals surface area (Å²) in [6, 6.07) is 13.4. The summed E-state index contributed by atoms with van der Waals surface area (Å²) in [5.41, 5.74) is 1.44. The molecule has 5 nitrogen and oxygen atoms in total. The summed E-state index contributed by atoms with van der Waals surface area (Å²) in [5, 5.41) is 2.74. The van der Waals surface area contributed by atoms with E-state index in [0.29, 0.717) is 12.3 Å². The number of rotatable bonds is 6. The van der Waals surface area contributed by atoms with Gasteiger partial charge in [-0.15, -0.1) is 0 Å². The normalized spacial score (nSPS) is 11.0. The maximum Gasteiger partial charge on any atom is 0.228 e. The van der Waals surface area contributed by atoms with E-state index < -0.39 is 9.84 Å². The first-order chi connectivity index (χ1) is 10.9. The first-order valence-electron chi connectivity index (χ1n) is 7.20. The zero-order chi connectivity index (χ0) is 16.9. The zero-order valence-corrected chi connectivity index (χ0v) is 13.9. The van der Waals surface area contributed by atoms with Gasteiger partial charge in [-0.05, 0) is 48.9 Å². The Morgan fingerprint density at radius 2 is 1.65 bits per heavy atom. The van der Waals surface area contributed by atoms with Gasteiger partial charge in [0.1, 0.15) is 5.75 Å². The number of nitrogens with one attached hydrogen (secondary N) is 1. The van der Waals surface area contributed by atoms with Gasteiger partial charge in [-0.1, -0.05) is 12.1 Å². The minimum Gasteiger partial charge on any atom is -0.494 e. The topological polar surface area (TPSA) is 72.5 Å². The molecule has 6 heteroatoms. The molecule has 0 aromatic heterocycles. The second-order valence-corrected chi connectivity index (χ2v) is 7.11. The van der Waals surface area contributed by atoms with E-state index in [0.717, 1.165) is 17.6 Å². The average Bonchev–Trinajstić information content (AvgIpc) is 2.49. The molecule has 0 bridgehead atoms. The van der Waals surface area contributed by atoms with Gasteiger partial charge in [0.15, 0.2) is 9.84 Å². The molecule has 2 rings (SSSR count). The fraction of sp³-hybridized carbons (Fsp3) is 0.235. The molecule has 0 unspecified atom stereocenters. The monoisotopic (exact) mass is 333 g/mol. The summed E-state index contributed by atoms with van der Waals surface area (Å²) in [5.74, 6) is 0.606. The van der Waals surface area contributed by atoms with Gasteiger partial charge in [-0.25, -0.2) is 8.42 Å². The lowest BCUT2D eigenvalue weighted by Crippen LogP contribution is -2.14. The molecule has 0 heterocycles. The molecule has 0 saturated heterocycles.